The maximum absolute atomic E-state index is 12.4. The first kappa shape index (κ1) is 18.1. The van der Waals surface area contributed by atoms with Crippen LogP contribution in [-0.4, -0.2) is 35.3 Å². The molecule has 138 valence electrons. The number of carbonyl (C=O) groups excluding carboxylic acids is 2. The number of hydrogen-bond donors (Lipinski definition) is 2. The molecule has 0 bridgehead atoms. The van der Waals surface area contributed by atoms with E-state index in [2.05, 4.69) is 15.5 Å². The Morgan fingerprint density at radius 3 is 2.41 bits per heavy atom. The molecule has 0 unspecified atom stereocenters. The summed E-state index contributed by atoms with van der Waals surface area (Å²) in [6.45, 7) is 1.45. The van der Waals surface area contributed by atoms with Crippen LogP contribution in [0.4, 0.5) is 5.69 Å². The van der Waals surface area contributed by atoms with Crippen molar-refractivity contribution in [3.8, 4) is 5.75 Å². The molecule has 2 aromatic carbocycles. The molecule has 0 aliphatic rings. The van der Waals surface area contributed by atoms with E-state index in [1.807, 2.05) is 0 Å². The van der Waals surface area contributed by atoms with E-state index in [0.29, 0.717) is 22.2 Å². The Balaban J connectivity index is 1.72. The number of ether oxygens (including phenoxy) is 2. The minimum Gasteiger partial charge on any atom is -0.497 e. The number of H-pyrrole nitrogens is 1. The predicted octanol–water partition coefficient (Wildman–Crippen LogP) is 2.12. The molecule has 0 radical (unpaired) electrons. The molecule has 0 spiro atoms. The van der Waals surface area contributed by atoms with Gasteiger partial charge in [0.25, 0.3) is 11.5 Å². The third-order valence-electron chi connectivity index (χ3n) is 3.90. The van der Waals surface area contributed by atoms with Gasteiger partial charge in [0.1, 0.15) is 5.75 Å². The Bertz CT molecular complexity index is 1040. The lowest BCUT2D eigenvalue weighted by Crippen LogP contribution is -2.30. The molecule has 1 amide bonds. The fourth-order valence-electron chi connectivity index (χ4n) is 2.46. The number of esters is 1. The normalized spacial score (nSPS) is 11.6. The van der Waals surface area contributed by atoms with E-state index in [-0.39, 0.29) is 5.69 Å². The lowest BCUT2D eigenvalue weighted by atomic mass is 10.1. The largest absolute Gasteiger partial charge is 0.497 e. The average molecular weight is 367 g/mol. The van der Waals surface area contributed by atoms with Crippen LogP contribution >= 0.6 is 0 Å². The Morgan fingerprint density at radius 1 is 1.07 bits per heavy atom. The highest BCUT2D eigenvalue weighted by Crippen LogP contribution is 2.17. The van der Waals surface area contributed by atoms with E-state index in [1.54, 1.807) is 55.6 Å². The Kier molecular flexibility index (Phi) is 5.16. The number of anilines is 1. The van der Waals surface area contributed by atoms with E-state index in [1.165, 1.54) is 6.92 Å². The van der Waals surface area contributed by atoms with Crippen molar-refractivity contribution in [1.82, 2.24) is 10.2 Å². The first-order valence-corrected chi connectivity index (χ1v) is 8.13. The molecule has 1 atom stereocenters. The zero-order valence-corrected chi connectivity index (χ0v) is 14.7. The van der Waals surface area contributed by atoms with Gasteiger partial charge in [-0.05, 0) is 37.3 Å². The number of methoxy groups -OCH3 is 1. The molecular formula is C19H17N3O5. The van der Waals surface area contributed by atoms with Gasteiger partial charge in [0.15, 0.2) is 11.8 Å². The summed E-state index contributed by atoms with van der Waals surface area (Å²) in [4.78, 5) is 36.5. The molecule has 0 aliphatic carbocycles. The Hall–Kier alpha value is -3.68. The van der Waals surface area contributed by atoms with Gasteiger partial charge in [-0.3, -0.25) is 9.59 Å². The maximum Gasteiger partial charge on any atom is 0.360 e. The van der Waals surface area contributed by atoms with Crippen LogP contribution in [0.15, 0.2) is 53.3 Å². The van der Waals surface area contributed by atoms with E-state index < -0.39 is 23.5 Å². The molecule has 8 heteroatoms. The zero-order chi connectivity index (χ0) is 19.4. The van der Waals surface area contributed by atoms with Crippen LogP contribution in [0.3, 0.4) is 0 Å². The van der Waals surface area contributed by atoms with Crippen LogP contribution in [0.25, 0.3) is 10.8 Å². The summed E-state index contributed by atoms with van der Waals surface area (Å²) >= 11 is 0. The van der Waals surface area contributed by atoms with Gasteiger partial charge in [0.05, 0.1) is 12.5 Å². The molecule has 0 saturated carbocycles. The molecule has 0 aliphatic heterocycles. The number of hydrogen-bond acceptors (Lipinski definition) is 6. The standard InChI is InChI=1S/C19H17N3O5/c1-11(17(23)20-12-7-9-13(26-2)10-8-12)27-19(25)16-14-5-3-4-6-15(14)18(24)22-21-16/h3-11H,1-2H3,(H,20,23)(H,22,24)/t11-/m0/s1. The van der Waals surface area contributed by atoms with Gasteiger partial charge in [0, 0.05) is 11.1 Å². The van der Waals surface area contributed by atoms with Crippen LogP contribution in [0.5, 0.6) is 5.75 Å². The van der Waals surface area contributed by atoms with Crippen LogP contribution < -0.4 is 15.6 Å². The predicted molar refractivity (Wildman–Crippen MR) is 98.9 cm³/mol. The molecule has 0 fully saturated rings. The van der Waals surface area contributed by atoms with Crippen molar-refractivity contribution >= 4 is 28.3 Å². The minimum atomic E-state index is -1.06. The number of aromatic amines is 1. The summed E-state index contributed by atoms with van der Waals surface area (Å²) < 4.78 is 10.3. The molecule has 3 aromatic rings. The second-order valence-corrected chi connectivity index (χ2v) is 5.71. The van der Waals surface area contributed by atoms with Crippen molar-refractivity contribution in [2.45, 2.75) is 13.0 Å². The maximum atomic E-state index is 12.4. The van der Waals surface area contributed by atoms with Gasteiger partial charge in [-0.1, -0.05) is 18.2 Å². The van der Waals surface area contributed by atoms with Gasteiger partial charge >= 0.3 is 5.97 Å². The third kappa shape index (κ3) is 3.95. The molecular weight excluding hydrogens is 350 g/mol. The van der Waals surface area contributed by atoms with Gasteiger partial charge in [-0.15, -0.1) is 0 Å². The van der Waals surface area contributed by atoms with E-state index >= 15 is 0 Å². The highest BCUT2D eigenvalue weighted by Gasteiger charge is 2.22. The minimum absolute atomic E-state index is 0.0608. The average Bonchev–Trinajstić information content (AvgIpc) is 2.69. The highest BCUT2D eigenvalue weighted by molar-refractivity contribution is 6.03. The number of rotatable bonds is 5. The van der Waals surface area contributed by atoms with E-state index in [9.17, 15) is 14.4 Å². The van der Waals surface area contributed by atoms with E-state index in [4.69, 9.17) is 9.47 Å². The van der Waals surface area contributed by atoms with Gasteiger partial charge in [-0.25, -0.2) is 9.89 Å². The number of amides is 1. The SMILES string of the molecule is COc1ccc(NC(=O)[C@H](C)OC(=O)c2n[nH]c(=O)c3ccccc23)cc1. The summed E-state index contributed by atoms with van der Waals surface area (Å²) in [7, 11) is 1.55. The van der Waals surface area contributed by atoms with Gasteiger partial charge < -0.3 is 14.8 Å². The van der Waals surface area contributed by atoms with Crippen molar-refractivity contribution in [2.24, 2.45) is 0 Å². The quantitative estimate of drug-likeness (QED) is 0.668. The number of nitrogens with one attached hydrogen (secondary N) is 2. The fraction of sp³-hybridized carbons (Fsp3) is 0.158. The summed E-state index contributed by atoms with van der Waals surface area (Å²) in [6.07, 6.45) is -1.06. The first-order valence-electron chi connectivity index (χ1n) is 8.13. The number of carbonyl (C=O) groups is 2. The topological polar surface area (TPSA) is 110 Å². The zero-order valence-electron chi connectivity index (χ0n) is 14.7. The van der Waals surface area contributed by atoms with Crippen molar-refractivity contribution in [3.05, 3.63) is 64.6 Å². The number of benzene rings is 2. The van der Waals surface area contributed by atoms with Gasteiger partial charge in [0.2, 0.25) is 0 Å². The molecule has 2 N–H and O–H groups in total. The Labute approximate surface area is 154 Å². The lowest BCUT2D eigenvalue weighted by Gasteiger charge is -2.14. The summed E-state index contributed by atoms with van der Waals surface area (Å²) in [5.74, 6) is -0.648. The van der Waals surface area contributed by atoms with Crippen LogP contribution in [0, 0.1) is 0 Å². The van der Waals surface area contributed by atoms with Crippen molar-refractivity contribution in [1.29, 1.82) is 0 Å². The van der Waals surface area contributed by atoms with Crippen molar-refractivity contribution < 1.29 is 19.1 Å². The monoisotopic (exact) mass is 367 g/mol. The van der Waals surface area contributed by atoms with Crippen LogP contribution in [0.2, 0.25) is 0 Å². The Morgan fingerprint density at radius 2 is 1.74 bits per heavy atom. The molecule has 3 rings (SSSR count). The van der Waals surface area contributed by atoms with Crippen LogP contribution in [-0.2, 0) is 9.53 Å². The van der Waals surface area contributed by atoms with Gasteiger partial charge in [-0.2, -0.15) is 5.10 Å². The molecule has 1 aromatic heterocycles. The van der Waals surface area contributed by atoms with Crippen LogP contribution in [0.1, 0.15) is 17.4 Å². The molecule has 1 heterocycles. The van der Waals surface area contributed by atoms with Crippen molar-refractivity contribution in [3.63, 3.8) is 0 Å². The summed E-state index contributed by atoms with van der Waals surface area (Å²) in [5.41, 5.74) is 0.0676. The second-order valence-electron chi connectivity index (χ2n) is 5.71. The number of aromatic nitrogens is 2. The summed E-state index contributed by atoms with van der Waals surface area (Å²) in [5, 5.41) is 9.34. The summed E-state index contributed by atoms with van der Waals surface area (Å²) in [6, 6.07) is 13.3. The molecule has 8 nitrogen and oxygen atoms in total. The highest BCUT2D eigenvalue weighted by atomic mass is 16.5. The fourth-order valence-corrected chi connectivity index (χ4v) is 2.46. The first-order chi connectivity index (χ1) is 13.0. The smallest absolute Gasteiger partial charge is 0.360 e. The van der Waals surface area contributed by atoms with E-state index in [0.717, 1.165) is 0 Å². The second kappa shape index (κ2) is 7.69. The number of fused-ring (bicyclic) bond motifs is 1. The third-order valence-corrected chi connectivity index (χ3v) is 3.90. The molecule has 0 saturated heterocycles. The number of nitrogens with zero attached hydrogens (tertiary/aromatic N) is 1. The lowest BCUT2D eigenvalue weighted by molar-refractivity contribution is -0.123. The molecule has 27 heavy (non-hydrogen) atoms. The van der Waals surface area contributed by atoms with Crippen molar-refractivity contribution in [2.75, 3.05) is 12.4 Å².